The van der Waals surface area contributed by atoms with E-state index in [2.05, 4.69) is 0 Å². The van der Waals surface area contributed by atoms with Crippen molar-refractivity contribution in [1.29, 1.82) is 0 Å². The molecule has 8 heteroatoms. The molecule has 0 unspecified atom stereocenters. The summed E-state index contributed by atoms with van der Waals surface area (Å²) in [5.41, 5.74) is 0.146. The summed E-state index contributed by atoms with van der Waals surface area (Å²) in [5.74, 6) is 0.0883. The largest absolute Gasteiger partial charge is 0.495 e. The zero-order valence-electron chi connectivity index (χ0n) is 14.5. The number of hydrogen-bond donors (Lipinski definition) is 0. The quantitative estimate of drug-likeness (QED) is 0.718. The average molecular weight is 379 g/mol. The number of carbonyl (C=O) groups excluding carboxylic acids is 1. The Bertz CT molecular complexity index is 854. The van der Waals surface area contributed by atoms with E-state index < -0.39 is 16.0 Å². The Hall–Kier alpha value is -2.32. The molecular weight excluding hydrogens is 358 g/mol. The minimum atomic E-state index is -3.74. The minimum Gasteiger partial charge on any atom is -0.495 e. The summed E-state index contributed by atoms with van der Waals surface area (Å²) in [5, 5.41) is 0. The molecule has 1 fully saturated rings. The molecular formula is C18H21NO6S. The van der Waals surface area contributed by atoms with Crippen molar-refractivity contribution in [3.63, 3.8) is 0 Å². The Kier molecular flexibility index (Phi) is 5.63. The molecule has 7 nitrogen and oxygen atoms in total. The number of sulfonamides is 1. The van der Waals surface area contributed by atoms with Gasteiger partial charge in [-0.3, -0.25) is 0 Å². The van der Waals surface area contributed by atoms with Gasteiger partial charge in [0, 0.05) is 13.1 Å². The third kappa shape index (κ3) is 3.91. The topological polar surface area (TPSA) is 86.0 Å². The highest BCUT2D eigenvalue weighted by Crippen LogP contribution is 2.29. The van der Waals surface area contributed by atoms with Gasteiger partial charge in [-0.05, 0) is 43.2 Å². The molecule has 26 heavy (non-hydrogen) atoms. The third-order valence-corrected chi connectivity index (χ3v) is 6.18. The minimum absolute atomic E-state index is 0.0191. The van der Waals surface area contributed by atoms with Gasteiger partial charge in [-0.1, -0.05) is 6.42 Å². The molecule has 1 aliphatic heterocycles. The van der Waals surface area contributed by atoms with E-state index in [1.807, 2.05) is 0 Å². The first-order valence-electron chi connectivity index (χ1n) is 8.40. The van der Waals surface area contributed by atoms with E-state index in [1.54, 1.807) is 12.1 Å². The van der Waals surface area contributed by atoms with Crippen molar-refractivity contribution < 1.29 is 27.1 Å². The SMILES string of the molecule is COc1ccc(C(=O)OCc2ccco2)cc1S(=O)(=O)N1CCCCC1. The second-order valence-electron chi connectivity index (χ2n) is 5.99. The molecule has 0 aliphatic carbocycles. The third-order valence-electron chi connectivity index (χ3n) is 4.26. The molecule has 0 N–H and O–H groups in total. The van der Waals surface area contributed by atoms with Crippen LogP contribution in [0.1, 0.15) is 35.4 Å². The predicted molar refractivity (Wildman–Crippen MR) is 93.4 cm³/mol. The molecule has 1 aromatic carbocycles. The van der Waals surface area contributed by atoms with E-state index in [9.17, 15) is 13.2 Å². The first-order chi connectivity index (χ1) is 12.5. The maximum Gasteiger partial charge on any atom is 0.338 e. The van der Waals surface area contributed by atoms with Crippen LogP contribution in [0.25, 0.3) is 0 Å². The molecule has 1 saturated heterocycles. The fraction of sp³-hybridized carbons (Fsp3) is 0.389. The number of carbonyl (C=O) groups is 1. The summed E-state index contributed by atoms with van der Waals surface area (Å²) >= 11 is 0. The van der Waals surface area contributed by atoms with Crippen molar-refractivity contribution in [2.75, 3.05) is 20.2 Å². The zero-order chi connectivity index (χ0) is 18.6. The Morgan fingerprint density at radius 2 is 1.96 bits per heavy atom. The Morgan fingerprint density at radius 3 is 2.62 bits per heavy atom. The van der Waals surface area contributed by atoms with Gasteiger partial charge >= 0.3 is 5.97 Å². The summed E-state index contributed by atoms with van der Waals surface area (Å²) < 4.78 is 42.9. The van der Waals surface area contributed by atoms with Gasteiger partial charge in [0.05, 0.1) is 18.9 Å². The molecule has 2 aromatic rings. The smallest absolute Gasteiger partial charge is 0.338 e. The van der Waals surface area contributed by atoms with Gasteiger partial charge in [0.1, 0.15) is 23.0 Å². The lowest BCUT2D eigenvalue weighted by atomic mass is 10.2. The summed E-state index contributed by atoms with van der Waals surface area (Å²) in [6.07, 6.45) is 4.15. The monoisotopic (exact) mass is 379 g/mol. The lowest BCUT2D eigenvalue weighted by Crippen LogP contribution is -2.35. The van der Waals surface area contributed by atoms with Gasteiger partial charge in [-0.2, -0.15) is 4.31 Å². The molecule has 3 rings (SSSR count). The fourth-order valence-corrected chi connectivity index (χ4v) is 4.56. The van der Waals surface area contributed by atoms with E-state index in [0.29, 0.717) is 18.8 Å². The fourth-order valence-electron chi connectivity index (χ4n) is 2.86. The highest BCUT2D eigenvalue weighted by molar-refractivity contribution is 7.89. The Labute approximate surface area is 152 Å². The number of benzene rings is 1. The molecule has 140 valence electrons. The first-order valence-corrected chi connectivity index (χ1v) is 9.84. The van der Waals surface area contributed by atoms with Crippen molar-refractivity contribution in [2.24, 2.45) is 0 Å². The van der Waals surface area contributed by atoms with Crippen molar-refractivity contribution in [3.05, 3.63) is 47.9 Å². The van der Waals surface area contributed by atoms with Crippen molar-refractivity contribution in [2.45, 2.75) is 30.8 Å². The van der Waals surface area contributed by atoms with Crippen LogP contribution < -0.4 is 4.74 Å². The Balaban J connectivity index is 1.84. The van der Waals surface area contributed by atoms with E-state index >= 15 is 0 Å². The van der Waals surface area contributed by atoms with Crippen LogP contribution in [-0.2, 0) is 21.4 Å². The van der Waals surface area contributed by atoms with Crippen LogP contribution in [0.3, 0.4) is 0 Å². The van der Waals surface area contributed by atoms with Gasteiger partial charge < -0.3 is 13.9 Å². The first kappa shape index (κ1) is 18.5. The number of ether oxygens (including phenoxy) is 2. The van der Waals surface area contributed by atoms with E-state index in [-0.39, 0.29) is 22.8 Å². The molecule has 0 amide bonds. The highest BCUT2D eigenvalue weighted by Gasteiger charge is 2.30. The predicted octanol–water partition coefficient (Wildman–Crippen LogP) is 2.82. The molecule has 0 saturated carbocycles. The number of methoxy groups -OCH3 is 1. The number of piperidine rings is 1. The molecule has 0 radical (unpaired) electrons. The van der Waals surface area contributed by atoms with Crippen molar-refractivity contribution >= 4 is 16.0 Å². The lowest BCUT2D eigenvalue weighted by Gasteiger charge is -2.26. The van der Waals surface area contributed by atoms with E-state index in [0.717, 1.165) is 19.3 Å². The zero-order valence-corrected chi connectivity index (χ0v) is 15.3. The van der Waals surface area contributed by atoms with Crippen LogP contribution >= 0.6 is 0 Å². The Morgan fingerprint density at radius 1 is 1.19 bits per heavy atom. The van der Waals surface area contributed by atoms with Crippen LogP contribution in [0.5, 0.6) is 5.75 Å². The second-order valence-corrected chi connectivity index (χ2v) is 7.89. The normalized spacial score (nSPS) is 15.6. The van der Waals surface area contributed by atoms with Crippen LogP contribution in [0.2, 0.25) is 0 Å². The van der Waals surface area contributed by atoms with Crippen LogP contribution in [0, 0.1) is 0 Å². The maximum absolute atomic E-state index is 13.0. The van der Waals surface area contributed by atoms with Gasteiger partial charge in [-0.25, -0.2) is 13.2 Å². The summed E-state index contributed by atoms with van der Waals surface area (Å²) in [6.45, 7) is 0.920. The molecule has 0 atom stereocenters. The molecule has 0 bridgehead atoms. The van der Waals surface area contributed by atoms with Crippen LogP contribution in [0.15, 0.2) is 45.9 Å². The summed E-state index contributed by atoms with van der Waals surface area (Å²) in [4.78, 5) is 12.3. The van der Waals surface area contributed by atoms with Crippen molar-refractivity contribution in [3.8, 4) is 5.75 Å². The number of esters is 1. The second kappa shape index (κ2) is 7.92. The molecule has 1 aromatic heterocycles. The van der Waals surface area contributed by atoms with Gasteiger partial charge in [0.2, 0.25) is 10.0 Å². The molecule has 1 aliphatic rings. The summed E-state index contributed by atoms with van der Waals surface area (Å²) in [7, 11) is -2.33. The summed E-state index contributed by atoms with van der Waals surface area (Å²) in [6, 6.07) is 7.65. The maximum atomic E-state index is 13.0. The lowest BCUT2D eigenvalue weighted by molar-refractivity contribution is 0.0445. The van der Waals surface area contributed by atoms with E-state index in [1.165, 1.54) is 35.9 Å². The molecule has 0 spiro atoms. The number of nitrogens with zero attached hydrogens (tertiary/aromatic N) is 1. The number of hydrogen-bond acceptors (Lipinski definition) is 6. The van der Waals surface area contributed by atoms with Gasteiger partial charge in [0.25, 0.3) is 0 Å². The van der Waals surface area contributed by atoms with E-state index in [4.69, 9.17) is 13.9 Å². The van der Waals surface area contributed by atoms with Crippen LogP contribution in [0.4, 0.5) is 0 Å². The number of furan rings is 1. The standard InChI is InChI=1S/C18H21NO6S/c1-23-16-8-7-14(18(20)25-13-15-6-5-11-24-15)12-17(16)26(21,22)19-9-3-2-4-10-19/h5-8,11-12H,2-4,9-10,13H2,1H3. The molecule has 2 heterocycles. The highest BCUT2D eigenvalue weighted by atomic mass is 32.2. The number of rotatable bonds is 6. The average Bonchev–Trinajstić information content (AvgIpc) is 3.20. The van der Waals surface area contributed by atoms with Crippen molar-refractivity contribution in [1.82, 2.24) is 4.31 Å². The van der Waals surface area contributed by atoms with Crippen LogP contribution in [-0.4, -0.2) is 38.9 Å². The van der Waals surface area contributed by atoms with Gasteiger partial charge in [-0.15, -0.1) is 0 Å². The van der Waals surface area contributed by atoms with Gasteiger partial charge in [0.15, 0.2) is 0 Å².